The van der Waals surface area contributed by atoms with E-state index in [4.69, 9.17) is 0 Å². The number of hydrogen-bond donors (Lipinski definition) is 0. The Bertz CT molecular complexity index is 2870. The molecule has 9 aromatic carbocycles. The fourth-order valence-electron chi connectivity index (χ4n) is 7.58. The van der Waals surface area contributed by atoms with Crippen molar-refractivity contribution < 1.29 is 0 Å². The zero-order valence-electron chi connectivity index (χ0n) is 28.4. The van der Waals surface area contributed by atoms with Crippen LogP contribution in [-0.2, 0) is 0 Å². The number of rotatable bonds is 6. The second kappa shape index (κ2) is 12.7. The Morgan fingerprint density at radius 2 is 0.692 bits per heavy atom. The lowest BCUT2D eigenvalue weighted by molar-refractivity contribution is 1.29. The van der Waals surface area contributed by atoms with Gasteiger partial charge >= 0.3 is 0 Å². The summed E-state index contributed by atoms with van der Waals surface area (Å²) in [4.78, 5) is 2.38. The van der Waals surface area contributed by atoms with Crippen molar-refractivity contribution in [2.45, 2.75) is 0 Å². The summed E-state index contributed by atoms with van der Waals surface area (Å²) in [6.07, 6.45) is 0. The Morgan fingerprint density at radius 1 is 0.269 bits per heavy atom. The Hall–Kier alpha value is -6.48. The molecule has 0 amide bonds. The lowest BCUT2D eigenvalue weighted by Gasteiger charge is -2.26. The van der Waals surface area contributed by atoms with Gasteiger partial charge in [-0.15, -0.1) is 11.3 Å². The molecule has 1 aromatic heterocycles. The molecule has 1 nitrogen and oxygen atoms in total. The Kier molecular flexibility index (Phi) is 7.41. The highest BCUT2D eigenvalue weighted by Crippen LogP contribution is 2.42. The van der Waals surface area contributed by atoms with Crippen LogP contribution in [0, 0.1) is 0 Å². The highest BCUT2D eigenvalue weighted by molar-refractivity contribution is 7.25. The molecule has 0 atom stereocenters. The maximum Gasteiger partial charge on any atom is 0.0476 e. The topological polar surface area (TPSA) is 3.24 Å². The van der Waals surface area contributed by atoms with Gasteiger partial charge in [0.15, 0.2) is 0 Å². The average Bonchev–Trinajstić information content (AvgIpc) is 3.60. The predicted molar refractivity (Wildman–Crippen MR) is 225 cm³/mol. The maximum atomic E-state index is 2.38. The lowest BCUT2D eigenvalue weighted by Crippen LogP contribution is -2.09. The zero-order chi connectivity index (χ0) is 34.4. The van der Waals surface area contributed by atoms with Gasteiger partial charge < -0.3 is 4.90 Å². The van der Waals surface area contributed by atoms with Crippen LogP contribution in [0.15, 0.2) is 200 Å². The van der Waals surface area contributed by atoms with Crippen molar-refractivity contribution in [2.24, 2.45) is 0 Å². The van der Waals surface area contributed by atoms with Crippen LogP contribution < -0.4 is 4.90 Å². The first-order valence-electron chi connectivity index (χ1n) is 17.7. The molecule has 0 fully saturated rings. The van der Waals surface area contributed by atoms with Crippen LogP contribution >= 0.6 is 11.3 Å². The summed E-state index contributed by atoms with van der Waals surface area (Å²) in [5.74, 6) is 0. The van der Waals surface area contributed by atoms with E-state index in [9.17, 15) is 0 Å². The number of anilines is 3. The van der Waals surface area contributed by atoms with Gasteiger partial charge in [-0.05, 0) is 110 Å². The molecular formula is C50H33NS. The third kappa shape index (κ3) is 5.42. The molecule has 0 bridgehead atoms. The summed E-state index contributed by atoms with van der Waals surface area (Å²) in [7, 11) is 0. The van der Waals surface area contributed by atoms with E-state index < -0.39 is 0 Å². The summed E-state index contributed by atoms with van der Waals surface area (Å²) >= 11 is 1.86. The van der Waals surface area contributed by atoms with E-state index >= 15 is 0 Å². The van der Waals surface area contributed by atoms with Gasteiger partial charge in [0.1, 0.15) is 0 Å². The van der Waals surface area contributed by atoms with E-state index in [2.05, 4.69) is 205 Å². The van der Waals surface area contributed by atoms with E-state index in [0.717, 1.165) is 17.1 Å². The van der Waals surface area contributed by atoms with E-state index in [0.29, 0.717) is 0 Å². The minimum Gasteiger partial charge on any atom is -0.310 e. The SMILES string of the molecule is c1ccc(-c2ccc(N(c3ccc(-c4ccc5ccc6ccc(-c7ccccc7)cc6c5c4)cc3)c3ccc4c(c3)sc3ccccc34)cc2)cc1. The van der Waals surface area contributed by atoms with Crippen molar-refractivity contribution in [3.05, 3.63) is 200 Å². The lowest BCUT2D eigenvalue weighted by atomic mass is 9.94. The monoisotopic (exact) mass is 679 g/mol. The standard InChI is InChI=1S/C50H33NS/c1-3-9-34(10-4-1)36-21-25-42(26-22-36)51(44-29-30-46-45-13-7-8-14-49(45)52-50(46)33-44)43-27-23-37(24-28-43)41-20-18-39-16-15-38-17-19-40(31-47(38)48(39)32-41)35-11-5-2-6-12-35/h1-33H. The summed E-state index contributed by atoms with van der Waals surface area (Å²) < 4.78 is 2.61. The van der Waals surface area contributed by atoms with Crippen molar-refractivity contribution in [3.63, 3.8) is 0 Å². The third-order valence-corrected chi connectivity index (χ3v) is 11.4. The van der Waals surface area contributed by atoms with Gasteiger partial charge in [0, 0.05) is 37.2 Å². The predicted octanol–water partition coefficient (Wildman–Crippen LogP) is 14.8. The molecule has 10 aromatic rings. The highest BCUT2D eigenvalue weighted by Gasteiger charge is 2.16. The van der Waals surface area contributed by atoms with Crippen LogP contribution in [0.4, 0.5) is 17.1 Å². The quantitative estimate of drug-likeness (QED) is 0.158. The molecule has 0 unspecified atom stereocenters. The van der Waals surface area contributed by atoms with Gasteiger partial charge in [-0.1, -0.05) is 146 Å². The second-order valence-electron chi connectivity index (χ2n) is 13.4. The number of benzene rings is 9. The van der Waals surface area contributed by atoms with Gasteiger partial charge in [-0.2, -0.15) is 0 Å². The third-order valence-electron chi connectivity index (χ3n) is 10.3. The molecule has 2 heteroatoms. The molecule has 0 aliphatic rings. The second-order valence-corrected chi connectivity index (χ2v) is 14.5. The molecule has 10 rings (SSSR count). The molecule has 0 aliphatic carbocycles. The fourth-order valence-corrected chi connectivity index (χ4v) is 8.72. The molecule has 0 N–H and O–H groups in total. The first-order valence-corrected chi connectivity index (χ1v) is 18.6. The number of fused-ring (bicyclic) bond motifs is 6. The van der Waals surface area contributed by atoms with Crippen LogP contribution in [-0.4, -0.2) is 0 Å². The molecule has 0 radical (unpaired) electrons. The summed E-state index contributed by atoms with van der Waals surface area (Å²) in [6.45, 7) is 0. The van der Waals surface area contributed by atoms with Crippen LogP contribution in [0.3, 0.4) is 0 Å². The molecule has 244 valence electrons. The number of thiophene rings is 1. The minimum absolute atomic E-state index is 1.12. The van der Waals surface area contributed by atoms with E-state index in [1.54, 1.807) is 0 Å². The van der Waals surface area contributed by atoms with Crippen molar-refractivity contribution in [2.75, 3.05) is 4.90 Å². The van der Waals surface area contributed by atoms with E-state index in [1.165, 1.54) is 75.1 Å². The fraction of sp³-hybridized carbons (Fsp3) is 0. The molecule has 1 heterocycles. The van der Waals surface area contributed by atoms with Gasteiger partial charge in [0.25, 0.3) is 0 Å². The molecule has 0 spiro atoms. The van der Waals surface area contributed by atoms with Gasteiger partial charge in [0.2, 0.25) is 0 Å². The summed E-state index contributed by atoms with van der Waals surface area (Å²) in [6, 6.07) is 73.0. The normalized spacial score (nSPS) is 11.5. The van der Waals surface area contributed by atoms with Crippen molar-refractivity contribution in [1.82, 2.24) is 0 Å². The van der Waals surface area contributed by atoms with Crippen molar-refractivity contribution in [1.29, 1.82) is 0 Å². The van der Waals surface area contributed by atoms with E-state index in [1.807, 2.05) is 11.3 Å². The smallest absolute Gasteiger partial charge is 0.0476 e. The first kappa shape index (κ1) is 30.4. The first-order chi connectivity index (χ1) is 25.7. The van der Waals surface area contributed by atoms with Crippen LogP contribution in [0.5, 0.6) is 0 Å². The molecule has 0 aliphatic heterocycles. The minimum atomic E-state index is 1.12. The van der Waals surface area contributed by atoms with Crippen molar-refractivity contribution in [3.8, 4) is 33.4 Å². The Morgan fingerprint density at radius 3 is 1.29 bits per heavy atom. The molecule has 52 heavy (non-hydrogen) atoms. The largest absolute Gasteiger partial charge is 0.310 e. The summed E-state index contributed by atoms with van der Waals surface area (Å²) in [5, 5.41) is 7.67. The zero-order valence-corrected chi connectivity index (χ0v) is 29.2. The molecule has 0 saturated carbocycles. The van der Waals surface area contributed by atoms with Gasteiger partial charge in [-0.3, -0.25) is 0 Å². The van der Waals surface area contributed by atoms with E-state index in [-0.39, 0.29) is 0 Å². The molecule has 0 saturated heterocycles. The Balaban J connectivity index is 1.06. The number of hydrogen-bond acceptors (Lipinski definition) is 2. The van der Waals surface area contributed by atoms with Crippen LogP contribution in [0.2, 0.25) is 0 Å². The molecular weight excluding hydrogens is 647 g/mol. The average molecular weight is 680 g/mol. The maximum absolute atomic E-state index is 2.38. The summed E-state index contributed by atoms with van der Waals surface area (Å²) in [5.41, 5.74) is 10.7. The van der Waals surface area contributed by atoms with Gasteiger partial charge in [0.05, 0.1) is 0 Å². The highest BCUT2D eigenvalue weighted by atomic mass is 32.1. The Labute approximate surface area is 307 Å². The van der Waals surface area contributed by atoms with Gasteiger partial charge in [-0.25, -0.2) is 0 Å². The van der Waals surface area contributed by atoms with Crippen LogP contribution in [0.1, 0.15) is 0 Å². The number of nitrogens with zero attached hydrogens (tertiary/aromatic N) is 1. The van der Waals surface area contributed by atoms with Crippen LogP contribution in [0.25, 0.3) is 75.1 Å². The van der Waals surface area contributed by atoms with Crippen molar-refractivity contribution >= 4 is 70.1 Å².